The number of halogens is 1. The van der Waals surface area contributed by atoms with Crippen LogP contribution >= 0.6 is 11.6 Å². The van der Waals surface area contributed by atoms with Crippen molar-refractivity contribution in [2.24, 2.45) is 5.92 Å². The van der Waals surface area contributed by atoms with Gasteiger partial charge in [-0.15, -0.1) is 0 Å². The second-order valence-electron chi connectivity index (χ2n) is 6.32. The molecule has 0 aliphatic rings. The number of hydrogen-bond acceptors (Lipinski definition) is 2. The first-order valence-electron chi connectivity index (χ1n) is 8.36. The van der Waals surface area contributed by atoms with Crippen molar-refractivity contribution < 1.29 is 9.59 Å². The van der Waals surface area contributed by atoms with Gasteiger partial charge in [-0.05, 0) is 48.2 Å². The van der Waals surface area contributed by atoms with Crippen LogP contribution in [0.1, 0.15) is 40.1 Å². The van der Waals surface area contributed by atoms with Crippen molar-refractivity contribution in [2.75, 3.05) is 13.1 Å². The van der Waals surface area contributed by atoms with Gasteiger partial charge in [-0.25, -0.2) is 0 Å². The van der Waals surface area contributed by atoms with Crippen molar-refractivity contribution in [2.45, 2.75) is 20.3 Å². The molecule has 0 atom stereocenters. The third kappa shape index (κ3) is 6.24. The fraction of sp³-hybridized carbons (Fsp3) is 0.300. The molecular weight excluding hydrogens is 336 g/mol. The number of rotatable bonds is 7. The normalized spacial score (nSPS) is 10.6. The molecule has 0 aliphatic heterocycles. The van der Waals surface area contributed by atoms with Crippen LogP contribution in [0.5, 0.6) is 0 Å². The quantitative estimate of drug-likeness (QED) is 0.792. The maximum absolute atomic E-state index is 12.3. The van der Waals surface area contributed by atoms with Crippen molar-refractivity contribution >= 4 is 23.4 Å². The maximum Gasteiger partial charge on any atom is 0.251 e. The van der Waals surface area contributed by atoms with E-state index in [2.05, 4.69) is 10.6 Å². The summed E-state index contributed by atoms with van der Waals surface area (Å²) in [4.78, 5) is 24.4. The van der Waals surface area contributed by atoms with E-state index < -0.39 is 0 Å². The molecular formula is C20H23ClN2O2. The van der Waals surface area contributed by atoms with Gasteiger partial charge in [0.2, 0.25) is 0 Å². The molecule has 0 heterocycles. The fourth-order valence-corrected chi connectivity index (χ4v) is 2.53. The second kappa shape index (κ2) is 9.23. The highest BCUT2D eigenvalue weighted by Crippen LogP contribution is 2.11. The SMILES string of the molecule is CC(C)CNC(=O)c1cccc(C(=O)NCCc2cccc(Cl)c2)c1. The zero-order chi connectivity index (χ0) is 18.2. The summed E-state index contributed by atoms with van der Waals surface area (Å²) in [6, 6.07) is 14.3. The summed E-state index contributed by atoms with van der Waals surface area (Å²) in [6.07, 6.45) is 0.695. The topological polar surface area (TPSA) is 58.2 Å². The van der Waals surface area contributed by atoms with E-state index in [-0.39, 0.29) is 11.8 Å². The van der Waals surface area contributed by atoms with Gasteiger partial charge in [0, 0.05) is 29.2 Å². The van der Waals surface area contributed by atoms with Crippen LogP contribution in [-0.2, 0) is 6.42 Å². The number of hydrogen-bond donors (Lipinski definition) is 2. The van der Waals surface area contributed by atoms with Crippen molar-refractivity contribution in [3.8, 4) is 0 Å². The van der Waals surface area contributed by atoms with Crippen LogP contribution in [0.3, 0.4) is 0 Å². The lowest BCUT2D eigenvalue weighted by Gasteiger charge is -2.09. The lowest BCUT2D eigenvalue weighted by Crippen LogP contribution is -2.28. The van der Waals surface area contributed by atoms with E-state index in [1.807, 2.05) is 38.1 Å². The molecule has 0 fully saturated rings. The molecule has 0 aliphatic carbocycles. The Bertz CT molecular complexity index is 744. The highest BCUT2D eigenvalue weighted by Gasteiger charge is 2.10. The van der Waals surface area contributed by atoms with Crippen LogP contribution in [0.25, 0.3) is 0 Å². The van der Waals surface area contributed by atoms with Gasteiger partial charge in [-0.1, -0.05) is 43.6 Å². The van der Waals surface area contributed by atoms with Gasteiger partial charge in [0.25, 0.3) is 11.8 Å². The lowest BCUT2D eigenvalue weighted by atomic mass is 10.1. The van der Waals surface area contributed by atoms with E-state index in [1.54, 1.807) is 24.3 Å². The molecule has 25 heavy (non-hydrogen) atoms. The molecule has 4 nitrogen and oxygen atoms in total. The average molecular weight is 359 g/mol. The van der Waals surface area contributed by atoms with Crippen molar-refractivity contribution in [1.82, 2.24) is 10.6 Å². The summed E-state index contributed by atoms with van der Waals surface area (Å²) in [5.41, 5.74) is 2.03. The molecule has 0 aromatic heterocycles. The Morgan fingerprint density at radius 3 is 2.24 bits per heavy atom. The number of carbonyl (C=O) groups is 2. The molecule has 2 aromatic rings. The fourth-order valence-electron chi connectivity index (χ4n) is 2.32. The van der Waals surface area contributed by atoms with Gasteiger partial charge in [-0.2, -0.15) is 0 Å². The summed E-state index contributed by atoms with van der Waals surface area (Å²) >= 11 is 5.95. The molecule has 0 spiro atoms. The first-order chi connectivity index (χ1) is 12.0. The van der Waals surface area contributed by atoms with E-state index in [4.69, 9.17) is 11.6 Å². The Morgan fingerprint density at radius 2 is 1.60 bits per heavy atom. The van der Waals surface area contributed by atoms with E-state index in [9.17, 15) is 9.59 Å². The van der Waals surface area contributed by atoms with Gasteiger partial charge in [-0.3, -0.25) is 9.59 Å². The number of benzene rings is 2. The van der Waals surface area contributed by atoms with Crippen molar-refractivity contribution in [3.63, 3.8) is 0 Å². The maximum atomic E-state index is 12.3. The van der Waals surface area contributed by atoms with Gasteiger partial charge >= 0.3 is 0 Å². The lowest BCUT2D eigenvalue weighted by molar-refractivity contribution is 0.0949. The standard InChI is InChI=1S/C20H23ClN2O2/c1-14(2)13-23-20(25)17-7-4-6-16(12-17)19(24)22-10-9-15-5-3-8-18(21)11-15/h3-8,11-12,14H,9-10,13H2,1-2H3,(H,22,24)(H,23,25). The number of carbonyl (C=O) groups excluding carboxylic acids is 2. The monoisotopic (exact) mass is 358 g/mol. The predicted molar refractivity (Wildman–Crippen MR) is 101 cm³/mol. The molecule has 0 saturated heterocycles. The third-order valence-corrected chi connectivity index (χ3v) is 3.88. The highest BCUT2D eigenvalue weighted by molar-refractivity contribution is 6.30. The van der Waals surface area contributed by atoms with E-state index >= 15 is 0 Å². The first kappa shape index (κ1) is 19.0. The van der Waals surface area contributed by atoms with Crippen LogP contribution in [0.15, 0.2) is 48.5 Å². The molecule has 0 unspecified atom stereocenters. The minimum Gasteiger partial charge on any atom is -0.352 e. The Balaban J connectivity index is 1.91. The Labute approximate surface area is 153 Å². The van der Waals surface area contributed by atoms with Crippen LogP contribution in [0.4, 0.5) is 0 Å². The Hall–Kier alpha value is -2.33. The molecule has 2 N–H and O–H groups in total. The molecule has 2 rings (SSSR count). The minimum absolute atomic E-state index is 0.165. The molecule has 0 bridgehead atoms. The van der Waals surface area contributed by atoms with E-state index in [0.29, 0.717) is 41.6 Å². The van der Waals surface area contributed by atoms with Crippen molar-refractivity contribution in [3.05, 3.63) is 70.2 Å². The summed E-state index contributed by atoms with van der Waals surface area (Å²) in [6.45, 7) is 5.17. The predicted octanol–water partition coefficient (Wildman–Crippen LogP) is 3.70. The van der Waals surface area contributed by atoms with Crippen LogP contribution in [0.2, 0.25) is 5.02 Å². The van der Waals surface area contributed by atoms with E-state index in [0.717, 1.165) is 5.56 Å². The summed E-state index contributed by atoms with van der Waals surface area (Å²) in [7, 11) is 0. The first-order valence-corrected chi connectivity index (χ1v) is 8.74. The molecule has 0 saturated carbocycles. The van der Waals surface area contributed by atoms with Crippen LogP contribution in [-0.4, -0.2) is 24.9 Å². The summed E-state index contributed by atoms with van der Waals surface area (Å²) in [5, 5.41) is 6.41. The zero-order valence-electron chi connectivity index (χ0n) is 14.5. The van der Waals surface area contributed by atoms with Crippen molar-refractivity contribution in [1.29, 1.82) is 0 Å². The smallest absolute Gasteiger partial charge is 0.251 e. The zero-order valence-corrected chi connectivity index (χ0v) is 15.3. The number of nitrogens with one attached hydrogen (secondary N) is 2. The van der Waals surface area contributed by atoms with Crippen LogP contribution in [0, 0.1) is 5.92 Å². The Kier molecular flexibility index (Phi) is 7.02. The third-order valence-electron chi connectivity index (χ3n) is 3.65. The summed E-state index contributed by atoms with van der Waals surface area (Å²) < 4.78 is 0. The van der Waals surface area contributed by atoms with E-state index in [1.165, 1.54) is 0 Å². The summed E-state index contributed by atoms with van der Waals surface area (Å²) in [5.74, 6) is 0.0183. The molecule has 0 radical (unpaired) electrons. The van der Waals surface area contributed by atoms with Gasteiger partial charge in [0.15, 0.2) is 0 Å². The van der Waals surface area contributed by atoms with Gasteiger partial charge < -0.3 is 10.6 Å². The molecule has 2 amide bonds. The molecule has 132 valence electrons. The van der Waals surface area contributed by atoms with Crippen LogP contribution < -0.4 is 10.6 Å². The van der Waals surface area contributed by atoms with Gasteiger partial charge in [0.05, 0.1) is 0 Å². The largest absolute Gasteiger partial charge is 0.352 e. The Morgan fingerprint density at radius 1 is 0.960 bits per heavy atom. The van der Waals surface area contributed by atoms with Gasteiger partial charge in [0.1, 0.15) is 0 Å². The second-order valence-corrected chi connectivity index (χ2v) is 6.76. The average Bonchev–Trinajstić information content (AvgIpc) is 2.59. The molecule has 2 aromatic carbocycles. The highest BCUT2D eigenvalue weighted by atomic mass is 35.5. The minimum atomic E-state index is -0.194. The molecule has 5 heteroatoms. The number of amides is 2.